The topological polar surface area (TPSA) is 115 Å². The third kappa shape index (κ3) is 3.80. The van der Waals surface area contributed by atoms with Crippen LogP contribution in [-0.4, -0.2) is 27.7 Å². The van der Waals surface area contributed by atoms with Gasteiger partial charge in [0.05, 0.1) is 5.02 Å². The van der Waals surface area contributed by atoms with Gasteiger partial charge in [0.1, 0.15) is 22.6 Å². The van der Waals surface area contributed by atoms with Gasteiger partial charge in [0.25, 0.3) is 0 Å². The number of ketones is 1. The molecule has 0 saturated heterocycles. The number of pyridine rings is 1. The average molecular weight is 420 g/mol. The Hall–Kier alpha value is -3.04. The maximum absolute atomic E-state index is 13.6. The monoisotopic (exact) mass is 419 g/mol. The fraction of sp³-hybridized carbons (Fsp3) is 0.111. The van der Waals surface area contributed by atoms with Gasteiger partial charge >= 0.3 is 0 Å². The van der Waals surface area contributed by atoms with Crippen LogP contribution in [0.15, 0.2) is 42.7 Å². The maximum Gasteiger partial charge on any atom is 0.240 e. The van der Waals surface area contributed by atoms with Gasteiger partial charge in [0, 0.05) is 23.6 Å². The van der Waals surface area contributed by atoms with Gasteiger partial charge in [0.2, 0.25) is 11.7 Å². The standard InChI is InChI=1S/C18H15ClFN5O2S/c1-9(17(22)27)25(11-2-3-13(20)12(19)8-11)18-24-16(21)15(28-18)14(26)10-4-6-23-7-5-10/h2-9H,21H2,1H3,(H2,22,27)/t9-/m0/s1. The van der Waals surface area contributed by atoms with Crippen molar-refractivity contribution in [3.63, 3.8) is 0 Å². The molecule has 0 aliphatic rings. The van der Waals surface area contributed by atoms with Crippen LogP contribution in [0.4, 0.5) is 21.0 Å². The average Bonchev–Trinajstić information content (AvgIpc) is 3.05. The number of carbonyl (C=O) groups is 2. The van der Waals surface area contributed by atoms with Crippen molar-refractivity contribution in [1.29, 1.82) is 0 Å². The zero-order valence-electron chi connectivity index (χ0n) is 14.6. The molecule has 10 heteroatoms. The van der Waals surface area contributed by atoms with Crippen molar-refractivity contribution in [3.8, 4) is 0 Å². The van der Waals surface area contributed by atoms with Crippen LogP contribution in [0.25, 0.3) is 0 Å². The number of hydrogen-bond acceptors (Lipinski definition) is 7. The number of amides is 1. The van der Waals surface area contributed by atoms with Crippen molar-refractivity contribution in [2.45, 2.75) is 13.0 Å². The normalized spacial score (nSPS) is 11.8. The number of carbonyl (C=O) groups excluding carboxylic acids is 2. The summed E-state index contributed by atoms with van der Waals surface area (Å²) in [6, 6.07) is 6.21. The molecule has 0 fully saturated rings. The minimum absolute atomic E-state index is 0.0108. The van der Waals surface area contributed by atoms with Crippen molar-refractivity contribution < 1.29 is 14.0 Å². The van der Waals surface area contributed by atoms with E-state index in [1.807, 2.05) is 0 Å². The number of benzene rings is 1. The second kappa shape index (κ2) is 7.91. The highest BCUT2D eigenvalue weighted by Crippen LogP contribution is 2.37. The van der Waals surface area contributed by atoms with Gasteiger partial charge in [-0.15, -0.1) is 0 Å². The summed E-state index contributed by atoms with van der Waals surface area (Å²) >= 11 is 6.87. The highest BCUT2D eigenvalue weighted by Gasteiger charge is 2.27. The molecule has 3 rings (SSSR count). The van der Waals surface area contributed by atoms with Crippen molar-refractivity contribution >= 4 is 51.3 Å². The first-order valence-electron chi connectivity index (χ1n) is 8.04. The summed E-state index contributed by atoms with van der Waals surface area (Å²) in [6.07, 6.45) is 2.99. The van der Waals surface area contributed by atoms with E-state index in [1.54, 1.807) is 19.1 Å². The van der Waals surface area contributed by atoms with E-state index in [-0.39, 0.29) is 26.6 Å². The van der Waals surface area contributed by atoms with E-state index >= 15 is 0 Å². The van der Waals surface area contributed by atoms with Crippen LogP contribution in [0.1, 0.15) is 22.2 Å². The Balaban J connectivity index is 2.07. The smallest absolute Gasteiger partial charge is 0.240 e. The third-order valence-corrected chi connectivity index (χ3v) is 5.34. The molecule has 1 amide bonds. The van der Waals surface area contributed by atoms with Crippen LogP contribution in [0.3, 0.4) is 0 Å². The maximum atomic E-state index is 13.6. The number of nitrogens with zero attached hydrogens (tertiary/aromatic N) is 3. The van der Waals surface area contributed by atoms with Crippen LogP contribution >= 0.6 is 22.9 Å². The van der Waals surface area contributed by atoms with Gasteiger partial charge in [-0.2, -0.15) is 0 Å². The van der Waals surface area contributed by atoms with E-state index in [9.17, 15) is 14.0 Å². The molecule has 3 aromatic rings. The summed E-state index contributed by atoms with van der Waals surface area (Å²) in [6.45, 7) is 1.56. The van der Waals surface area contributed by atoms with Gasteiger partial charge < -0.3 is 16.4 Å². The molecule has 144 valence electrons. The lowest BCUT2D eigenvalue weighted by Crippen LogP contribution is -2.40. The lowest BCUT2D eigenvalue weighted by Gasteiger charge is -2.26. The molecular formula is C18H15ClFN5O2S. The van der Waals surface area contributed by atoms with E-state index in [2.05, 4.69) is 9.97 Å². The van der Waals surface area contributed by atoms with Gasteiger partial charge in [-0.05, 0) is 37.3 Å². The number of thiazole rings is 1. The first-order valence-corrected chi connectivity index (χ1v) is 9.23. The Morgan fingerprint density at radius 2 is 1.93 bits per heavy atom. The van der Waals surface area contributed by atoms with Crippen molar-refractivity contribution in [3.05, 3.63) is 64.0 Å². The molecule has 7 nitrogen and oxygen atoms in total. The summed E-state index contributed by atoms with van der Waals surface area (Å²) in [5.41, 5.74) is 12.2. The molecule has 1 atom stereocenters. The van der Waals surface area contributed by atoms with Crippen molar-refractivity contribution in [1.82, 2.24) is 9.97 Å². The quantitative estimate of drug-likeness (QED) is 0.593. The number of nitrogens with two attached hydrogens (primary N) is 2. The second-order valence-electron chi connectivity index (χ2n) is 5.82. The van der Waals surface area contributed by atoms with Crippen LogP contribution in [0.2, 0.25) is 5.02 Å². The first-order chi connectivity index (χ1) is 13.3. The Labute approximate surface area is 168 Å². The van der Waals surface area contributed by atoms with E-state index < -0.39 is 17.8 Å². The summed E-state index contributed by atoms with van der Waals surface area (Å²) in [5.74, 6) is -1.57. The zero-order chi connectivity index (χ0) is 20.4. The molecule has 1 aromatic carbocycles. The van der Waals surface area contributed by atoms with E-state index in [0.29, 0.717) is 11.3 Å². The fourth-order valence-corrected chi connectivity index (χ4v) is 3.71. The van der Waals surface area contributed by atoms with Crippen molar-refractivity contribution in [2.24, 2.45) is 5.73 Å². The van der Waals surface area contributed by atoms with Crippen LogP contribution in [0.5, 0.6) is 0 Å². The highest BCUT2D eigenvalue weighted by molar-refractivity contribution is 7.18. The first kappa shape index (κ1) is 19.7. The molecular weight excluding hydrogens is 405 g/mol. The zero-order valence-corrected chi connectivity index (χ0v) is 16.2. The predicted octanol–water partition coefficient (Wildman–Crippen LogP) is 3.16. The van der Waals surface area contributed by atoms with Crippen LogP contribution < -0.4 is 16.4 Å². The van der Waals surface area contributed by atoms with Gasteiger partial charge in [0.15, 0.2) is 5.13 Å². The SMILES string of the molecule is C[C@@H](C(N)=O)N(c1ccc(F)c(Cl)c1)c1nc(N)c(C(=O)c2ccncc2)s1. The number of primary amides is 1. The third-order valence-electron chi connectivity index (χ3n) is 3.98. The molecule has 2 aromatic heterocycles. The summed E-state index contributed by atoms with van der Waals surface area (Å²) < 4.78 is 13.6. The number of nitrogen functional groups attached to an aromatic ring is 1. The van der Waals surface area contributed by atoms with E-state index in [1.165, 1.54) is 35.5 Å². The lowest BCUT2D eigenvalue weighted by molar-refractivity contribution is -0.118. The number of halogens is 2. The van der Waals surface area contributed by atoms with Gasteiger partial charge in [-0.25, -0.2) is 9.37 Å². The molecule has 0 bridgehead atoms. The second-order valence-corrected chi connectivity index (χ2v) is 7.21. The molecule has 0 aliphatic carbocycles. The minimum atomic E-state index is -0.851. The predicted molar refractivity (Wildman–Crippen MR) is 106 cm³/mol. The summed E-state index contributed by atoms with van der Waals surface area (Å²) in [5, 5.41) is 0.126. The van der Waals surface area contributed by atoms with E-state index in [0.717, 1.165) is 11.3 Å². The summed E-state index contributed by atoms with van der Waals surface area (Å²) in [4.78, 5) is 34.3. The summed E-state index contributed by atoms with van der Waals surface area (Å²) in [7, 11) is 0. The van der Waals surface area contributed by atoms with Gasteiger partial charge in [-0.1, -0.05) is 22.9 Å². The largest absolute Gasteiger partial charge is 0.382 e. The number of hydrogen-bond donors (Lipinski definition) is 2. The Bertz CT molecular complexity index is 1040. The molecule has 4 N–H and O–H groups in total. The van der Waals surface area contributed by atoms with Crippen LogP contribution in [-0.2, 0) is 4.79 Å². The lowest BCUT2D eigenvalue weighted by atomic mass is 10.1. The number of aromatic nitrogens is 2. The molecule has 28 heavy (non-hydrogen) atoms. The molecule has 0 aliphatic heterocycles. The molecule has 0 unspecified atom stereocenters. The molecule has 0 saturated carbocycles. The van der Waals surface area contributed by atoms with E-state index in [4.69, 9.17) is 23.1 Å². The Morgan fingerprint density at radius 1 is 1.25 bits per heavy atom. The van der Waals surface area contributed by atoms with Crippen molar-refractivity contribution in [2.75, 3.05) is 10.6 Å². The number of anilines is 3. The molecule has 2 heterocycles. The Kier molecular flexibility index (Phi) is 5.57. The molecule has 0 radical (unpaired) electrons. The number of rotatable bonds is 6. The Morgan fingerprint density at radius 3 is 2.54 bits per heavy atom. The van der Waals surface area contributed by atoms with Gasteiger partial charge in [-0.3, -0.25) is 14.6 Å². The fourth-order valence-electron chi connectivity index (χ4n) is 2.48. The highest BCUT2D eigenvalue weighted by atomic mass is 35.5. The minimum Gasteiger partial charge on any atom is -0.382 e. The molecule has 0 spiro atoms. The van der Waals surface area contributed by atoms with Crippen LogP contribution in [0, 0.1) is 5.82 Å².